The van der Waals surface area contributed by atoms with Gasteiger partial charge in [0.1, 0.15) is 6.61 Å². The Balaban J connectivity index is 2.67. The molecule has 1 amide bonds. The van der Waals surface area contributed by atoms with Crippen molar-refractivity contribution < 1.29 is 18.3 Å². The largest absolute Gasteiger partial charge is 0.371 e. The van der Waals surface area contributed by atoms with Gasteiger partial charge in [-0.05, 0) is 11.6 Å². The average molecular weight is 230 g/mol. The molecule has 0 saturated carbocycles. The lowest BCUT2D eigenvalue weighted by atomic mass is 10.1. The molecule has 0 aromatic heterocycles. The summed E-state index contributed by atoms with van der Waals surface area (Å²) in [6.45, 7) is -0.702. The summed E-state index contributed by atoms with van der Waals surface area (Å²) in [5.41, 5.74) is 2.82. The molecular weight excluding hydrogens is 218 g/mol. The van der Waals surface area contributed by atoms with E-state index in [0.717, 1.165) is 0 Å². The lowest BCUT2D eigenvalue weighted by Gasteiger charge is -2.08. The molecular formula is C10H12F2N2O2. The number of amides is 1. The van der Waals surface area contributed by atoms with Crippen LogP contribution in [0.1, 0.15) is 15.9 Å². The molecule has 6 heteroatoms. The normalized spacial score (nSPS) is 10.5. The van der Waals surface area contributed by atoms with Crippen molar-refractivity contribution in [2.24, 2.45) is 5.84 Å². The van der Waals surface area contributed by atoms with E-state index in [1.54, 1.807) is 24.3 Å². The van der Waals surface area contributed by atoms with Crippen LogP contribution in [-0.4, -0.2) is 18.9 Å². The summed E-state index contributed by atoms with van der Waals surface area (Å²) in [7, 11) is 0. The van der Waals surface area contributed by atoms with Gasteiger partial charge in [-0.3, -0.25) is 10.2 Å². The summed E-state index contributed by atoms with van der Waals surface area (Å²) in [4.78, 5) is 11.3. The van der Waals surface area contributed by atoms with E-state index < -0.39 is 18.9 Å². The number of nitrogens with two attached hydrogens (primary N) is 1. The number of rotatable bonds is 5. The third kappa shape index (κ3) is 3.56. The number of carbonyl (C=O) groups excluding carboxylic acids is 1. The SMILES string of the molecule is NNC(=O)c1ccccc1COCC(F)F. The summed E-state index contributed by atoms with van der Waals surface area (Å²) in [5.74, 6) is 4.51. The van der Waals surface area contributed by atoms with E-state index in [-0.39, 0.29) is 6.61 Å². The molecule has 0 fully saturated rings. The molecule has 88 valence electrons. The van der Waals surface area contributed by atoms with Gasteiger partial charge < -0.3 is 4.74 Å². The number of nitrogen functional groups attached to an aromatic ring is 1. The van der Waals surface area contributed by atoms with Crippen molar-refractivity contribution in [3.05, 3.63) is 35.4 Å². The first-order chi connectivity index (χ1) is 7.65. The number of ether oxygens (including phenoxy) is 1. The monoisotopic (exact) mass is 230 g/mol. The maximum Gasteiger partial charge on any atom is 0.265 e. The molecule has 0 saturated heterocycles. The van der Waals surface area contributed by atoms with Crippen LogP contribution in [0.25, 0.3) is 0 Å². The topological polar surface area (TPSA) is 64.3 Å². The van der Waals surface area contributed by atoms with Crippen molar-refractivity contribution in [1.82, 2.24) is 5.43 Å². The van der Waals surface area contributed by atoms with Gasteiger partial charge in [0.15, 0.2) is 0 Å². The second-order valence-corrected chi connectivity index (χ2v) is 3.04. The minimum atomic E-state index is -2.52. The summed E-state index contributed by atoms with van der Waals surface area (Å²) in [5, 5.41) is 0. The number of carbonyl (C=O) groups is 1. The Hall–Kier alpha value is -1.53. The zero-order valence-corrected chi connectivity index (χ0v) is 8.45. The van der Waals surface area contributed by atoms with Gasteiger partial charge in [0.2, 0.25) is 0 Å². The van der Waals surface area contributed by atoms with E-state index in [1.165, 1.54) is 0 Å². The van der Waals surface area contributed by atoms with E-state index in [9.17, 15) is 13.6 Å². The van der Waals surface area contributed by atoms with Gasteiger partial charge in [0.25, 0.3) is 12.3 Å². The van der Waals surface area contributed by atoms with Gasteiger partial charge in [-0.15, -0.1) is 0 Å². The van der Waals surface area contributed by atoms with Crippen molar-refractivity contribution in [3.8, 4) is 0 Å². The molecule has 16 heavy (non-hydrogen) atoms. The van der Waals surface area contributed by atoms with E-state index in [0.29, 0.717) is 11.1 Å². The fourth-order valence-electron chi connectivity index (χ4n) is 1.20. The number of benzene rings is 1. The zero-order valence-electron chi connectivity index (χ0n) is 8.45. The summed E-state index contributed by atoms with van der Waals surface area (Å²) in [6, 6.07) is 6.51. The van der Waals surface area contributed by atoms with Crippen LogP contribution in [0.2, 0.25) is 0 Å². The zero-order chi connectivity index (χ0) is 12.0. The molecule has 1 aromatic rings. The fraction of sp³-hybridized carbons (Fsp3) is 0.300. The van der Waals surface area contributed by atoms with Gasteiger partial charge in [-0.1, -0.05) is 18.2 Å². The first-order valence-electron chi connectivity index (χ1n) is 4.60. The second-order valence-electron chi connectivity index (χ2n) is 3.04. The van der Waals surface area contributed by atoms with E-state index in [2.05, 4.69) is 0 Å². The highest BCUT2D eigenvalue weighted by atomic mass is 19.3. The molecule has 0 aliphatic carbocycles. The highest BCUT2D eigenvalue weighted by molar-refractivity contribution is 5.95. The van der Waals surface area contributed by atoms with Crippen LogP contribution >= 0.6 is 0 Å². The Bertz CT molecular complexity index is 358. The number of hydrazine groups is 1. The highest BCUT2D eigenvalue weighted by Gasteiger charge is 2.10. The standard InChI is InChI=1S/C10H12F2N2O2/c11-9(12)6-16-5-7-3-1-2-4-8(7)10(15)14-13/h1-4,9H,5-6,13H2,(H,14,15). The molecule has 0 aliphatic heterocycles. The number of alkyl halides is 2. The van der Waals surface area contributed by atoms with Gasteiger partial charge in [0.05, 0.1) is 6.61 Å². The molecule has 1 aromatic carbocycles. The van der Waals surface area contributed by atoms with Crippen LogP contribution in [0, 0.1) is 0 Å². The molecule has 0 spiro atoms. The van der Waals surface area contributed by atoms with Crippen LogP contribution in [-0.2, 0) is 11.3 Å². The first kappa shape index (κ1) is 12.5. The quantitative estimate of drug-likeness (QED) is 0.452. The number of hydrogen-bond acceptors (Lipinski definition) is 3. The maximum absolute atomic E-state index is 11.8. The highest BCUT2D eigenvalue weighted by Crippen LogP contribution is 2.10. The van der Waals surface area contributed by atoms with Crippen molar-refractivity contribution in [2.75, 3.05) is 6.61 Å². The molecule has 0 heterocycles. The van der Waals surface area contributed by atoms with Gasteiger partial charge in [0, 0.05) is 5.56 Å². The maximum atomic E-state index is 11.8. The van der Waals surface area contributed by atoms with Crippen LogP contribution in [0.5, 0.6) is 0 Å². The number of hydrogen-bond donors (Lipinski definition) is 2. The molecule has 4 nitrogen and oxygen atoms in total. The predicted molar refractivity (Wildman–Crippen MR) is 53.8 cm³/mol. The summed E-state index contributed by atoms with van der Waals surface area (Å²) < 4.78 is 28.4. The first-order valence-corrected chi connectivity index (χ1v) is 4.60. The third-order valence-corrected chi connectivity index (χ3v) is 1.89. The van der Waals surface area contributed by atoms with Crippen LogP contribution < -0.4 is 11.3 Å². The number of nitrogens with one attached hydrogen (secondary N) is 1. The molecule has 1 rings (SSSR count). The molecule has 0 unspecified atom stereocenters. The van der Waals surface area contributed by atoms with Crippen LogP contribution in [0.3, 0.4) is 0 Å². The average Bonchev–Trinajstić information content (AvgIpc) is 2.28. The lowest BCUT2D eigenvalue weighted by molar-refractivity contribution is 0.00970. The van der Waals surface area contributed by atoms with Crippen molar-refractivity contribution in [1.29, 1.82) is 0 Å². The molecule has 0 aliphatic rings. The van der Waals surface area contributed by atoms with E-state index in [1.807, 2.05) is 5.43 Å². The lowest BCUT2D eigenvalue weighted by Crippen LogP contribution is -2.30. The van der Waals surface area contributed by atoms with E-state index >= 15 is 0 Å². The molecule has 0 atom stereocenters. The van der Waals surface area contributed by atoms with Crippen molar-refractivity contribution in [2.45, 2.75) is 13.0 Å². The summed E-state index contributed by atoms with van der Waals surface area (Å²) in [6.07, 6.45) is -2.52. The number of halogens is 2. The van der Waals surface area contributed by atoms with Gasteiger partial charge in [-0.25, -0.2) is 14.6 Å². The molecule has 0 radical (unpaired) electrons. The Morgan fingerprint density at radius 1 is 1.44 bits per heavy atom. The van der Waals surface area contributed by atoms with Gasteiger partial charge >= 0.3 is 0 Å². The second kappa shape index (κ2) is 6.14. The van der Waals surface area contributed by atoms with Gasteiger partial charge in [-0.2, -0.15) is 0 Å². The fourth-order valence-corrected chi connectivity index (χ4v) is 1.20. The third-order valence-electron chi connectivity index (χ3n) is 1.89. The van der Waals surface area contributed by atoms with Crippen molar-refractivity contribution >= 4 is 5.91 Å². The Morgan fingerprint density at radius 2 is 2.12 bits per heavy atom. The van der Waals surface area contributed by atoms with E-state index in [4.69, 9.17) is 10.6 Å². The molecule has 0 bridgehead atoms. The predicted octanol–water partition coefficient (Wildman–Crippen LogP) is 1.07. The van der Waals surface area contributed by atoms with Crippen LogP contribution in [0.4, 0.5) is 8.78 Å². The Kier molecular flexibility index (Phi) is 4.81. The minimum absolute atomic E-state index is 0.0477. The summed E-state index contributed by atoms with van der Waals surface area (Å²) >= 11 is 0. The Labute approximate surface area is 91.4 Å². The van der Waals surface area contributed by atoms with Crippen LogP contribution in [0.15, 0.2) is 24.3 Å². The Morgan fingerprint density at radius 3 is 2.75 bits per heavy atom. The smallest absolute Gasteiger partial charge is 0.265 e. The molecule has 3 N–H and O–H groups in total. The van der Waals surface area contributed by atoms with Crippen molar-refractivity contribution in [3.63, 3.8) is 0 Å². The minimum Gasteiger partial charge on any atom is -0.371 e.